The fourth-order valence-corrected chi connectivity index (χ4v) is 4.39. The highest BCUT2D eigenvalue weighted by molar-refractivity contribution is 5.80. The van der Waals surface area contributed by atoms with Gasteiger partial charge in [0.15, 0.2) is 11.8 Å². The zero-order chi connectivity index (χ0) is 22.2. The van der Waals surface area contributed by atoms with Crippen molar-refractivity contribution in [2.24, 2.45) is 12.0 Å². The van der Waals surface area contributed by atoms with Gasteiger partial charge in [-0.1, -0.05) is 43.5 Å². The highest BCUT2D eigenvalue weighted by Crippen LogP contribution is 2.18. The van der Waals surface area contributed by atoms with Crippen molar-refractivity contribution in [1.29, 1.82) is 0 Å². The smallest absolute Gasteiger partial charge is 0.192 e. The lowest BCUT2D eigenvalue weighted by atomic mass is 9.96. The van der Waals surface area contributed by atoms with Crippen molar-refractivity contribution >= 4 is 5.96 Å². The normalized spacial score (nSPS) is 18.6. The predicted octanol–water partition coefficient (Wildman–Crippen LogP) is 2.52. The summed E-state index contributed by atoms with van der Waals surface area (Å²) in [7, 11) is 2.00. The first-order chi connectivity index (χ1) is 15.7. The Balaban J connectivity index is 1.45. The van der Waals surface area contributed by atoms with Gasteiger partial charge in [-0.3, -0.25) is 4.90 Å². The molecule has 2 N–H and O–H groups in total. The van der Waals surface area contributed by atoms with Crippen LogP contribution in [-0.2, 0) is 31.4 Å². The third-order valence-electron chi connectivity index (χ3n) is 6.57. The largest absolute Gasteiger partial charge is 0.379 e. The van der Waals surface area contributed by atoms with Gasteiger partial charge in [-0.25, -0.2) is 4.99 Å². The van der Waals surface area contributed by atoms with Crippen LogP contribution in [0, 0.1) is 6.92 Å². The van der Waals surface area contributed by atoms with Crippen molar-refractivity contribution in [1.82, 2.24) is 30.3 Å². The number of hydrogen-bond acceptors (Lipinski definition) is 5. The van der Waals surface area contributed by atoms with Crippen molar-refractivity contribution in [3.63, 3.8) is 0 Å². The first-order valence-corrected chi connectivity index (χ1v) is 12.0. The summed E-state index contributed by atoms with van der Waals surface area (Å²) in [6.07, 6.45) is 6.33. The van der Waals surface area contributed by atoms with Crippen LogP contribution in [0.5, 0.6) is 0 Å². The SMILES string of the molecule is Cc1nnc(CNC(=NCc2ccccc2CN2CCOCC2)NC2CCCCC2)n1C. The fraction of sp³-hybridized carbons (Fsp3) is 0.625. The van der Waals surface area contributed by atoms with E-state index in [1.165, 1.54) is 43.2 Å². The molecule has 0 bridgehead atoms. The van der Waals surface area contributed by atoms with Gasteiger partial charge in [-0.05, 0) is 30.9 Å². The maximum atomic E-state index is 5.50. The summed E-state index contributed by atoms with van der Waals surface area (Å²) in [6.45, 7) is 7.80. The van der Waals surface area contributed by atoms with Crippen molar-refractivity contribution in [3.8, 4) is 0 Å². The molecule has 0 amide bonds. The van der Waals surface area contributed by atoms with Gasteiger partial charge in [0.1, 0.15) is 5.82 Å². The third-order valence-corrected chi connectivity index (χ3v) is 6.57. The van der Waals surface area contributed by atoms with Gasteiger partial charge < -0.3 is 19.9 Å². The Kier molecular flexibility index (Phi) is 8.12. The lowest BCUT2D eigenvalue weighted by Crippen LogP contribution is -2.44. The lowest BCUT2D eigenvalue weighted by Gasteiger charge is -2.27. The topological polar surface area (TPSA) is 79.6 Å². The van der Waals surface area contributed by atoms with Crippen molar-refractivity contribution in [3.05, 3.63) is 47.0 Å². The van der Waals surface area contributed by atoms with Crippen molar-refractivity contribution in [2.75, 3.05) is 26.3 Å². The first-order valence-electron chi connectivity index (χ1n) is 12.0. The van der Waals surface area contributed by atoms with E-state index < -0.39 is 0 Å². The molecule has 0 spiro atoms. The molecule has 8 heteroatoms. The fourth-order valence-electron chi connectivity index (χ4n) is 4.39. The first kappa shape index (κ1) is 22.7. The number of benzene rings is 1. The molecule has 2 fully saturated rings. The summed E-state index contributed by atoms with van der Waals surface area (Å²) in [4.78, 5) is 7.45. The van der Waals surface area contributed by atoms with Crippen molar-refractivity contribution in [2.45, 2.75) is 64.7 Å². The monoisotopic (exact) mass is 439 g/mol. The van der Waals surface area contributed by atoms with E-state index in [0.717, 1.165) is 50.5 Å². The van der Waals surface area contributed by atoms with Crippen LogP contribution in [0.2, 0.25) is 0 Å². The van der Waals surface area contributed by atoms with Crippen LogP contribution in [0.1, 0.15) is 54.9 Å². The minimum Gasteiger partial charge on any atom is -0.379 e. The number of nitrogens with zero attached hydrogens (tertiary/aromatic N) is 5. The van der Waals surface area contributed by atoms with E-state index in [4.69, 9.17) is 9.73 Å². The number of rotatable bonds is 7. The summed E-state index contributed by atoms with van der Waals surface area (Å²) in [5, 5.41) is 15.6. The molecule has 8 nitrogen and oxygen atoms in total. The lowest BCUT2D eigenvalue weighted by molar-refractivity contribution is 0.0341. The molecule has 2 aromatic rings. The molecule has 1 aromatic heterocycles. The second kappa shape index (κ2) is 11.4. The number of aliphatic imine (C=N–C) groups is 1. The molecular formula is C24H37N7O. The predicted molar refractivity (Wildman–Crippen MR) is 126 cm³/mol. The van der Waals surface area contributed by atoms with Crippen LogP contribution < -0.4 is 10.6 Å². The van der Waals surface area contributed by atoms with E-state index in [1.54, 1.807) is 0 Å². The van der Waals surface area contributed by atoms with Crippen LogP contribution in [0.15, 0.2) is 29.3 Å². The molecule has 0 atom stereocenters. The molecule has 174 valence electrons. The summed E-state index contributed by atoms with van der Waals surface area (Å²) >= 11 is 0. The van der Waals surface area contributed by atoms with Gasteiger partial charge in [-0.2, -0.15) is 0 Å². The van der Waals surface area contributed by atoms with E-state index in [1.807, 2.05) is 18.5 Å². The molecule has 1 saturated heterocycles. The average molecular weight is 440 g/mol. The minimum absolute atomic E-state index is 0.486. The van der Waals surface area contributed by atoms with Crippen LogP contribution >= 0.6 is 0 Å². The van der Waals surface area contributed by atoms with Crippen LogP contribution in [0.4, 0.5) is 0 Å². The Morgan fingerprint density at radius 3 is 2.56 bits per heavy atom. The van der Waals surface area contributed by atoms with Crippen molar-refractivity contribution < 1.29 is 4.74 Å². The van der Waals surface area contributed by atoms with Gasteiger partial charge >= 0.3 is 0 Å². The quantitative estimate of drug-likeness (QED) is 0.510. The highest BCUT2D eigenvalue weighted by atomic mass is 16.5. The zero-order valence-corrected chi connectivity index (χ0v) is 19.5. The Hall–Kier alpha value is -2.45. The number of hydrogen-bond donors (Lipinski definition) is 2. The molecule has 0 unspecified atom stereocenters. The average Bonchev–Trinajstić information content (AvgIpc) is 3.15. The second-order valence-electron chi connectivity index (χ2n) is 8.88. The molecule has 2 heterocycles. The molecular weight excluding hydrogens is 402 g/mol. The number of nitrogens with one attached hydrogen (secondary N) is 2. The Morgan fingerprint density at radius 1 is 1.09 bits per heavy atom. The Morgan fingerprint density at radius 2 is 1.84 bits per heavy atom. The zero-order valence-electron chi connectivity index (χ0n) is 19.5. The summed E-state index contributed by atoms with van der Waals surface area (Å²) in [5.41, 5.74) is 2.62. The summed E-state index contributed by atoms with van der Waals surface area (Å²) in [5.74, 6) is 2.68. The number of aryl methyl sites for hydroxylation is 1. The maximum Gasteiger partial charge on any atom is 0.192 e. The van der Waals surface area contributed by atoms with Gasteiger partial charge in [0.05, 0.1) is 26.3 Å². The molecule has 1 aliphatic heterocycles. The van der Waals surface area contributed by atoms with Crippen LogP contribution in [0.25, 0.3) is 0 Å². The van der Waals surface area contributed by atoms with Gasteiger partial charge in [0.25, 0.3) is 0 Å². The van der Waals surface area contributed by atoms with Gasteiger partial charge in [0, 0.05) is 32.7 Å². The Labute approximate surface area is 191 Å². The number of guanidine groups is 1. The molecule has 0 radical (unpaired) electrons. The number of morpholine rings is 1. The number of aromatic nitrogens is 3. The third kappa shape index (κ3) is 6.29. The highest BCUT2D eigenvalue weighted by Gasteiger charge is 2.16. The Bertz CT molecular complexity index is 882. The van der Waals surface area contributed by atoms with E-state index in [0.29, 0.717) is 19.1 Å². The second-order valence-corrected chi connectivity index (χ2v) is 8.88. The van der Waals surface area contributed by atoms with E-state index >= 15 is 0 Å². The summed E-state index contributed by atoms with van der Waals surface area (Å²) < 4.78 is 7.52. The van der Waals surface area contributed by atoms with E-state index in [-0.39, 0.29) is 0 Å². The van der Waals surface area contributed by atoms with Gasteiger partial charge in [0.2, 0.25) is 0 Å². The molecule has 1 aliphatic carbocycles. The van der Waals surface area contributed by atoms with E-state index in [2.05, 4.69) is 50.0 Å². The van der Waals surface area contributed by atoms with E-state index in [9.17, 15) is 0 Å². The molecule has 2 aliphatic rings. The molecule has 32 heavy (non-hydrogen) atoms. The molecule has 4 rings (SSSR count). The van der Waals surface area contributed by atoms with Crippen LogP contribution in [-0.4, -0.2) is 58.0 Å². The van der Waals surface area contributed by atoms with Crippen LogP contribution in [0.3, 0.4) is 0 Å². The summed E-state index contributed by atoms with van der Waals surface area (Å²) in [6, 6.07) is 9.14. The molecule has 1 saturated carbocycles. The molecule has 1 aromatic carbocycles. The maximum absolute atomic E-state index is 5.50. The number of ether oxygens (including phenoxy) is 1. The standard InChI is InChI=1S/C24H37N7O/c1-19-28-29-23(30(19)2)17-26-24(27-22-10-4-3-5-11-22)25-16-20-8-6-7-9-21(20)18-31-12-14-32-15-13-31/h6-9,22H,3-5,10-18H2,1-2H3,(H2,25,26,27). The van der Waals surface area contributed by atoms with Gasteiger partial charge in [-0.15, -0.1) is 10.2 Å². The minimum atomic E-state index is 0.486.